The number of phosphoric ester groups is 1. The van der Waals surface area contributed by atoms with Crippen LogP contribution in [0.4, 0.5) is 0 Å². The Morgan fingerprint density at radius 1 is 0.642 bits per heavy atom. The van der Waals surface area contributed by atoms with Crippen molar-refractivity contribution in [2.45, 2.75) is 206 Å². The number of carbonyl (C=O) groups excluding carboxylic acids is 2. The molecule has 1 aliphatic rings. The summed E-state index contributed by atoms with van der Waals surface area (Å²) in [6, 6.07) is 0. The van der Waals surface area contributed by atoms with Gasteiger partial charge in [-0.2, -0.15) is 0 Å². The number of unbranched alkanes of at least 4 members (excludes halogenated alkanes) is 17. The summed E-state index contributed by atoms with van der Waals surface area (Å²) in [5.74, 6) is -0.124. The maximum absolute atomic E-state index is 12.4. The molecule has 1 aliphatic heterocycles. The van der Waals surface area contributed by atoms with Crippen LogP contribution in [0.15, 0.2) is 36.5 Å². The van der Waals surface area contributed by atoms with Crippen molar-refractivity contribution in [2.24, 2.45) is 5.92 Å². The SMILES string of the molecule is CCCCC/C=C\CC1OC1C/C=C\C/C=C\CCCC(=O)O[C@H](COC(=O)CCCCCCCCCCCCCCCCC(C)C)COP(=O)(O)O. The van der Waals surface area contributed by atoms with Crippen molar-refractivity contribution in [1.82, 2.24) is 0 Å². The van der Waals surface area contributed by atoms with Gasteiger partial charge in [-0.15, -0.1) is 0 Å². The molecule has 1 rings (SSSR count). The first-order chi connectivity index (χ1) is 25.6. The molecule has 0 aromatic carbocycles. The van der Waals surface area contributed by atoms with Crippen LogP contribution >= 0.6 is 7.82 Å². The van der Waals surface area contributed by atoms with Crippen molar-refractivity contribution in [2.75, 3.05) is 13.2 Å². The molecule has 0 saturated carbocycles. The summed E-state index contributed by atoms with van der Waals surface area (Å²) in [6.45, 7) is 5.95. The lowest BCUT2D eigenvalue weighted by atomic mass is 10.0. The van der Waals surface area contributed by atoms with Gasteiger partial charge in [0.2, 0.25) is 0 Å². The summed E-state index contributed by atoms with van der Waals surface area (Å²) in [5.41, 5.74) is 0. The Kier molecular flexibility index (Phi) is 31.2. The molecule has 1 saturated heterocycles. The van der Waals surface area contributed by atoms with Crippen molar-refractivity contribution in [1.29, 1.82) is 0 Å². The van der Waals surface area contributed by atoms with Crippen LogP contribution in [0.1, 0.15) is 188 Å². The van der Waals surface area contributed by atoms with Crippen LogP contribution in [0.3, 0.4) is 0 Å². The molecule has 9 nitrogen and oxygen atoms in total. The Bertz CT molecular complexity index is 1030. The molecular formula is C43H77O9P. The number of carbonyl (C=O) groups is 2. The average Bonchev–Trinajstić information content (AvgIpc) is 3.87. The highest BCUT2D eigenvalue weighted by molar-refractivity contribution is 7.46. The molecule has 10 heteroatoms. The molecule has 0 radical (unpaired) electrons. The van der Waals surface area contributed by atoms with Gasteiger partial charge in [-0.1, -0.05) is 160 Å². The number of ether oxygens (including phenoxy) is 3. The fraction of sp³-hybridized carbons (Fsp3) is 0.814. The van der Waals surface area contributed by atoms with E-state index in [1.807, 2.05) is 6.08 Å². The predicted octanol–water partition coefficient (Wildman–Crippen LogP) is 11.8. The van der Waals surface area contributed by atoms with Gasteiger partial charge in [-0.3, -0.25) is 14.1 Å². The first-order valence-corrected chi connectivity index (χ1v) is 22.8. The first-order valence-electron chi connectivity index (χ1n) is 21.3. The number of esters is 2. The molecule has 0 aliphatic carbocycles. The fourth-order valence-electron chi connectivity index (χ4n) is 6.18. The van der Waals surface area contributed by atoms with Crippen LogP contribution < -0.4 is 0 Å². The third-order valence-corrected chi connectivity index (χ3v) is 9.98. The summed E-state index contributed by atoms with van der Waals surface area (Å²) >= 11 is 0. The molecule has 3 atom stereocenters. The number of allylic oxidation sites excluding steroid dienone is 4. The van der Waals surface area contributed by atoms with E-state index in [9.17, 15) is 14.2 Å². The zero-order valence-corrected chi connectivity index (χ0v) is 34.7. The van der Waals surface area contributed by atoms with Crippen molar-refractivity contribution < 1.29 is 42.7 Å². The zero-order valence-electron chi connectivity index (χ0n) is 33.8. The number of hydrogen-bond donors (Lipinski definition) is 2. The largest absolute Gasteiger partial charge is 0.469 e. The number of epoxide rings is 1. The Morgan fingerprint density at radius 2 is 1.15 bits per heavy atom. The Balaban J connectivity index is 2.09. The number of phosphoric acid groups is 1. The van der Waals surface area contributed by atoms with Crippen molar-refractivity contribution in [3.63, 3.8) is 0 Å². The van der Waals surface area contributed by atoms with E-state index in [2.05, 4.69) is 55.7 Å². The van der Waals surface area contributed by atoms with Gasteiger partial charge in [0.05, 0.1) is 18.8 Å². The topological polar surface area (TPSA) is 132 Å². The van der Waals surface area contributed by atoms with E-state index in [0.717, 1.165) is 50.9 Å². The lowest BCUT2D eigenvalue weighted by Crippen LogP contribution is -2.29. The Labute approximate surface area is 323 Å². The third kappa shape index (κ3) is 34.5. The molecule has 0 spiro atoms. The highest BCUT2D eigenvalue weighted by atomic mass is 31.2. The molecule has 53 heavy (non-hydrogen) atoms. The van der Waals surface area contributed by atoms with Crippen LogP contribution in [0.2, 0.25) is 0 Å². The van der Waals surface area contributed by atoms with Crippen LogP contribution in [0.25, 0.3) is 0 Å². The van der Waals surface area contributed by atoms with Crippen molar-refractivity contribution in [3.8, 4) is 0 Å². The molecule has 2 unspecified atom stereocenters. The van der Waals surface area contributed by atoms with Crippen LogP contribution in [0, 0.1) is 5.92 Å². The maximum Gasteiger partial charge on any atom is 0.469 e. The van der Waals surface area contributed by atoms with Crippen LogP contribution in [-0.4, -0.2) is 53.3 Å². The Hall–Kier alpha value is -1.77. The van der Waals surface area contributed by atoms with Gasteiger partial charge >= 0.3 is 19.8 Å². The molecule has 308 valence electrons. The zero-order chi connectivity index (χ0) is 38.8. The molecule has 0 amide bonds. The predicted molar refractivity (Wildman–Crippen MR) is 215 cm³/mol. The lowest BCUT2D eigenvalue weighted by Gasteiger charge is -2.18. The van der Waals surface area contributed by atoms with Crippen LogP contribution in [-0.2, 0) is 32.9 Å². The minimum absolute atomic E-state index is 0.132. The van der Waals surface area contributed by atoms with E-state index >= 15 is 0 Å². The van der Waals surface area contributed by atoms with Gasteiger partial charge in [-0.05, 0) is 57.3 Å². The fourth-order valence-corrected chi connectivity index (χ4v) is 6.54. The second kappa shape index (κ2) is 33.6. The molecule has 0 aromatic heterocycles. The van der Waals surface area contributed by atoms with Gasteiger partial charge in [0, 0.05) is 12.8 Å². The van der Waals surface area contributed by atoms with Gasteiger partial charge in [0.15, 0.2) is 6.10 Å². The second-order valence-electron chi connectivity index (χ2n) is 15.2. The van der Waals surface area contributed by atoms with Gasteiger partial charge < -0.3 is 24.0 Å². The normalized spacial score (nSPS) is 16.7. The molecule has 1 fully saturated rings. The summed E-state index contributed by atoms with van der Waals surface area (Å²) in [5, 5.41) is 0. The highest BCUT2D eigenvalue weighted by Crippen LogP contribution is 2.36. The number of hydrogen-bond acceptors (Lipinski definition) is 7. The maximum atomic E-state index is 12.4. The molecule has 1 heterocycles. The number of rotatable bonds is 37. The monoisotopic (exact) mass is 769 g/mol. The summed E-state index contributed by atoms with van der Waals surface area (Å²) in [7, 11) is -4.77. The van der Waals surface area contributed by atoms with Crippen LogP contribution in [0.5, 0.6) is 0 Å². The second-order valence-corrected chi connectivity index (χ2v) is 16.4. The quantitative estimate of drug-likeness (QED) is 0.0208. The van der Waals surface area contributed by atoms with Gasteiger partial charge in [0.1, 0.15) is 6.61 Å². The van der Waals surface area contributed by atoms with Crippen molar-refractivity contribution in [3.05, 3.63) is 36.5 Å². The standard InChI is InChI=1S/C43H77O9P/c1-4-5-6-7-22-27-32-40-41(52-40)33-28-23-18-16-20-25-30-35-43(45)51-39(37-50-53(46,47)48)36-49-42(44)34-29-24-19-15-13-11-9-8-10-12-14-17-21-26-31-38(2)3/h16,20,22-23,27-28,38-41H,4-15,17-19,21,24-26,29-37H2,1-3H3,(H2,46,47,48)/b20-16-,27-22-,28-23-/t39-,40?,41?/m1/s1. The summed E-state index contributed by atoms with van der Waals surface area (Å²) < 4.78 is 32.1. The summed E-state index contributed by atoms with van der Waals surface area (Å²) in [6.07, 6.45) is 40.5. The van der Waals surface area contributed by atoms with E-state index < -0.39 is 32.5 Å². The molecule has 2 N–H and O–H groups in total. The van der Waals surface area contributed by atoms with Gasteiger partial charge in [0.25, 0.3) is 0 Å². The smallest absolute Gasteiger partial charge is 0.462 e. The van der Waals surface area contributed by atoms with E-state index in [1.165, 1.54) is 96.3 Å². The Morgan fingerprint density at radius 3 is 1.74 bits per heavy atom. The van der Waals surface area contributed by atoms with E-state index in [-0.39, 0.29) is 19.4 Å². The lowest BCUT2D eigenvalue weighted by molar-refractivity contribution is -0.161. The van der Waals surface area contributed by atoms with E-state index in [0.29, 0.717) is 25.0 Å². The first kappa shape index (κ1) is 49.2. The van der Waals surface area contributed by atoms with Crippen molar-refractivity contribution >= 4 is 19.8 Å². The minimum atomic E-state index is -4.77. The molecular weight excluding hydrogens is 691 g/mol. The minimum Gasteiger partial charge on any atom is -0.462 e. The third-order valence-electron chi connectivity index (χ3n) is 9.49. The van der Waals surface area contributed by atoms with E-state index in [4.69, 9.17) is 24.0 Å². The molecule has 0 bridgehead atoms. The highest BCUT2D eigenvalue weighted by Gasteiger charge is 2.36. The van der Waals surface area contributed by atoms with Gasteiger partial charge in [-0.25, -0.2) is 4.57 Å². The summed E-state index contributed by atoms with van der Waals surface area (Å²) in [4.78, 5) is 42.9. The van der Waals surface area contributed by atoms with E-state index in [1.54, 1.807) is 0 Å². The molecule has 0 aromatic rings. The average molecular weight is 769 g/mol.